The Hall–Kier alpha value is -1.53. The van der Waals surface area contributed by atoms with Crippen LogP contribution in [0.3, 0.4) is 0 Å². The maximum absolute atomic E-state index is 7.29. The van der Waals surface area contributed by atoms with E-state index in [0.717, 1.165) is 10.6 Å². The van der Waals surface area contributed by atoms with Gasteiger partial charge >= 0.3 is 0 Å². The molecule has 0 aliphatic carbocycles. The minimum absolute atomic E-state index is 0.857. The lowest BCUT2D eigenvalue weighted by Gasteiger charge is -2.10. The molecule has 2 rings (SSSR count). The molecule has 1 N–H and O–H groups in total. The highest BCUT2D eigenvalue weighted by Gasteiger charge is 2.11. The van der Waals surface area contributed by atoms with Crippen molar-refractivity contribution in [2.24, 2.45) is 4.88 Å². The van der Waals surface area contributed by atoms with Gasteiger partial charge in [-0.25, -0.2) is 5.53 Å². The van der Waals surface area contributed by atoms with Crippen molar-refractivity contribution in [1.82, 2.24) is 0 Å². The predicted octanol–water partition coefficient (Wildman–Crippen LogP) is 3.07. The van der Waals surface area contributed by atoms with Crippen molar-refractivity contribution in [3.05, 3.63) is 60.7 Å². The Balaban J connectivity index is 2.38. The van der Waals surface area contributed by atoms with Crippen LogP contribution in [0.4, 0.5) is 0 Å². The summed E-state index contributed by atoms with van der Waals surface area (Å²) in [5.41, 5.74) is 7.29. The first kappa shape index (κ1) is 10.0. The molecule has 3 heteroatoms. The largest absolute Gasteiger partial charge is 0.205 e. The number of nitrogens with zero attached hydrogens (tertiary/aromatic N) is 1. The number of hydrogen-bond acceptors (Lipinski definition) is 2. The van der Waals surface area contributed by atoms with E-state index in [0.29, 0.717) is 0 Å². The van der Waals surface area contributed by atoms with E-state index < -0.39 is 8.07 Å². The highest BCUT2D eigenvalue weighted by atomic mass is 31.1. The van der Waals surface area contributed by atoms with Gasteiger partial charge in [0.1, 0.15) is 8.07 Å². The van der Waals surface area contributed by atoms with E-state index in [4.69, 9.17) is 5.53 Å². The van der Waals surface area contributed by atoms with Gasteiger partial charge in [0, 0.05) is 10.6 Å². The molecule has 0 aromatic heterocycles. The maximum atomic E-state index is 7.29. The Morgan fingerprint density at radius 1 is 0.733 bits per heavy atom. The number of rotatable bonds is 3. The maximum Gasteiger partial charge on any atom is 0.102 e. The van der Waals surface area contributed by atoms with Gasteiger partial charge in [0.2, 0.25) is 0 Å². The third-order valence-corrected chi connectivity index (χ3v) is 3.88. The molecule has 0 heterocycles. The summed E-state index contributed by atoms with van der Waals surface area (Å²) >= 11 is 0. The Morgan fingerprint density at radius 2 is 1.13 bits per heavy atom. The van der Waals surface area contributed by atoms with E-state index in [1.807, 2.05) is 60.7 Å². The zero-order valence-corrected chi connectivity index (χ0v) is 9.06. The number of benzene rings is 2. The average Bonchev–Trinajstić information content (AvgIpc) is 2.33. The second-order valence-corrected chi connectivity index (χ2v) is 4.94. The third kappa shape index (κ3) is 2.28. The van der Waals surface area contributed by atoms with Crippen molar-refractivity contribution in [1.29, 1.82) is 5.53 Å². The minimum Gasteiger partial charge on any atom is -0.205 e. The summed E-state index contributed by atoms with van der Waals surface area (Å²) in [6.45, 7) is 0. The van der Waals surface area contributed by atoms with Gasteiger partial charge in [-0.2, -0.15) is 4.88 Å². The van der Waals surface area contributed by atoms with E-state index in [1.165, 1.54) is 0 Å². The van der Waals surface area contributed by atoms with Crippen LogP contribution in [0, 0.1) is 5.53 Å². The molecule has 0 aliphatic heterocycles. The van der Waals surface area contributed by atoms with Gasteiger partial charge in [-0.05, 0) is 0 Å². The normalized spacial score (nSPS) is 10.2. The zero-order chi connectivity index (χ0) is 10.5. The van der Waals surface area contributed by atoms with Crippen molar-refractivity contribution in [3.63, 3.8) is 0 Å². The van der Waals surface area contributed by atoms with Crippen LogP contribution in [-0.2, 0) is 0 Å². The summed E-state index contributed by atoms with van der Waals surface area (Å²) in [5, 5.41) is 2.24. The Kier molecular flexibility index (Phi) is 3.21. The predicted molar refractivity (Wildman–Crippen MR) is 64.2 cm³/mol. The summed E-state index contributed by atoms with van der Waals surface area (Å²) in [7, 11) is -0.857. The van der Waals surface area contributed by atoms with E-state index in [1.54, 1.807) is 0 Å². The van der Waals surface area contributed by atoms with Gasteiger partial charge in [-0.15, -0.1) is 0 Å². The lowest BCUT2D eigenvalue weighted by molar-refractivity contribution is 1.24. The highest BCUT2D eigenvalue weighted by molar-refractivity contribution is 7.71. The molecule has 2 aromatic carbocycles. The SMILES string of the molecule is N=NP(c1ccccc1)c1ccccc1. The highest BCUT2D eigenvalue weighted by Crippen LogP contribution is 2.34. The van der Waals surface area contributed by atoms with Gasteiger partial charge in [0.15, 0.2) is 0 Å². The summed E-state index contributed by atoms with van der Waals surface area (Å²) in [6, 6.07) is 20.0. The lowest BCUT2D eigenvalue weighted by Crippen LogP contribution is -2.08. The first-order chi connectivity index (χ1) is 7.42. The number of nitrogens with one attached hydrogen (secondary N) is 1. The fourth-order valence-corrected chi connectivity index (χ4v) is 2.84. The van der Waals surface area contributed by atoms with Gasteiger partial charge in [0.05, 0.1) is 0 Å². The Morgan fingerprint density at radius 3 is 1.47 bits per heavy atom. The molecule has 0 aliphatic rings. The molecule has 0 bridgehead atoms. The molecule has 15 heavy (non-hydrogen) atoms. The molecule has 0 amide bonds. The topological polar surface area (TPSA) is 36.2 Å². The summed E-state index contributed by atoms with van der Waals surface area (Å²) < 4.78 is 0. The van der Waals surface area contributed by atoms with Crippen LogP contribution in [-0.4, -0.2) is 0 Å². The second kappa shape index (κ2) is 4.81. The molecule has 0 atom stereocenters. The van der Waals surface area contributed by atoms with Crippen LogP contribution in [0.2, 0.25) is 0 Å². The molecular weight excluding hydrogens is 203 g/mol. The third-order valence-electron chi connectivity index (χ3n) is 2.10. The van der Waals surface area contributed by atoms with Gasteiger partial charge in [-0.3, -0.25) is 0 Å². The molecule has 2 nitrogen and oxygen atoms in total. The fraction of sp³-hybridized carbons (Fsp3) is 0. The molecule has 0 saturated carbocycles. The van der Waals surface area contributed by atoms with Gasteiger partial charge < -0.3 is 0 Å². The van der Waals surface area contributed by atoms with Crippen molar-refractivity contribution in [2.45, 2.75) is 0 Å². The molecule has 0 radical (unpaired) electrons. The van der Waals surface area contributed by atoms with E-state index in [-0.39, 0.29) is 0 Å². The van der Waals surface area contributed by atoms with E-state index in [9.17, 15) is 0 Å². The van der Waals surface area contributed by atoms with Crippen LogP contribution in [0.15, 0.2) is 65.5 Å². The molecule has 0 saturated heterocycles. The van der Waals surface area contributed by atoms with E-state index >= 15 is 0 Å². The second-order valence-electron chi connectivity index (χ2n) is 3.08. The molecular formula is C12H11N2P. The smallest absolute Gasteiger partial charge is 0.102 e. The summed E-state index contributed by atoms with van der Waals surface area (Å²) in [4.78, 5) is 3.74. The summed E-state index contributed by atoms with van der Waals surface area (Å²) in [5.74, 6) is 0. The van der Waals surface area contributed by atoms with Crippen molar-refractivity contribution in [3.8, 4) is 0 Å². The molecule has 0 spiro atoms. The molecule has 2 aromatic rings. The van der Waals surface area contributed by atoms with Crippen LogP contribution < -0.4 is 10.6 Å². The lowest BCUT2D eigenvalue weighted by atomic mass is 10.4. The first-order valence-electron chi connectivity index (χ1n) is 4.69. The quantitative estimate of drug-likeness (QED) is 0.602. The summed E-state index contributed by atoms with van der Waals surface area (Å²) in [6.07, 6.45) is 0. The van der Waals surface area contributed by atoms with Crippen LogP contribution in [0.1, 0.15) is 0 Å². The van der Waals surface area contributed by atoms with Crippen molar-refractivity contribution in [2.75, 3.05) is 0 Å². The van der Waals surface area contributed by atoms with Crippen LogP contribution in [0.5, 0.6) is 0 Å². The molecule has 0 fully saturated rings. The van der Waals surface area contributed by atoms with Gasteiger partial charge in [0.25, 0.3) is 0 Å². The zero-order valence-electron chi connectivity index (χ0n) is 8.17. The van der Waals surface area contributed by atoms with Crippen molar-refractivity contribution >= 4 is 18.7 Å². The number of hydrogen-bond donors (Lipinski definition) is 1. The van der Waals surface area contributed by atoms with Crippen LogP contribution >= 0.6 is 8.07 Å². The van der Waals surface area contributed by atoms with Crippen molar-refractivity contribution < 1.29 is 0 Å². The van der Waals surface area contributed by atoms with Crippen LogP contribution in [0.25, 0.3) is 0 Å². The van der Waals surface area contributed by atoms with E-state index in [2.05, 4.69) is 4.88 Å². The standard InChI is InChI=1S/C12H11N2P/c13-14-15(11-7-3-1-4-8-11)12-9-5-2-6-10-12/h1-10,13H. The molecule has 74 valence electrons. The Bertz CT molecular complexity index is 388. The minimum atomic E-state index is -0.857. The monoisotopic (exact) mass is 214 g/mol. The average molecular weight is 214 g/mol. The van der Waals surface area contributed by atoms with Gasteiger partial charge in [-0.1, -0.05) is 60.7 Å². The fourth-order valence-electron chi connectivity index (χ4n) is 1.40. The first-order valence-corrected chi connectivity index (χ1v) is 5.99. The Labute approximate surface area is 90.3 Å². The molecule has 0 unspecified atom stereocenters.